The highest BCUT2D eigenvalue weighted by molar-refractivity contribution is 6.30. The van der Waals surface area contributed by atoms with Crippen molar-refractivity contribution < 1.29 is 9.53 Å². The van der Waals surface area contributed by atoms with Gasteiger partial charge in [-0.3, -0.25) is 4.79 Å². The van der Waals surface area contributed by atoms with Crippen molar-refractivity contribution >= 4 is 23.2 Å². The smallest absolute Gasteiger partial charge is 0.165 e. The second-order valence-electron chi connectivity index (χ2n) is 5.82. The molecule has 0 aliphatic rings. The molecule has 0 saturated carbocycles. The molecule has 0 fully saturated rings. The standard InChI is InChI=1S/C21H19ClN2O2/c1-26-18-11-7-16(8-12-18)20(25)14-19(15-5-9-17(22)10-6-15)24-21-4-2-3-13-23-21/h2-13,19H,14H2,1H3,(H,23,24). The third kappa shape index (κ3) is 4.61. The van der Waals surface area contributed by atoms with Gasteiger partial charge < -0.3 is 10.1 Å². The summed E-state index contributed by atoms with van der Waals surface area (Å²) < 4.78 is 5.15. The van der Waals surface area contributed by atoms with Crippen molar-refractivity contribution in [2.24, 2.45) is 0 Å². The first kappa shape index (κ1) is 18.0. The van der Waals surface area contributed by atoms with Gasteiger partial charge in [0.05, 0.1) is 13.2 Å². The number of pyridine rings is 1. The second-order valence-corrected chi connectivity index (χ2v) is 6.26. The van der Waals surface area contributed by atoms with Crippen LogP contribution in [-0.4, -0.2) is 17.9 Å². The number of Topliss-reactive ketones (excluding diaryl/α,β-unsaturated/α-hetero) is 1. The molecule has 0 bridgehead atoms. The zero-order chi connectivity index (χ0) is 18.4. The summed E-state index contributed by atoms with van der Waals surface area (Å²) in [6, 6.07) is 20.0. The van der Waals surface area contributed by atoms with Crippen LogP contribution in [0.3, 0.4) is 0 Å². The van der Waals surface area contributed by atoms with Crippen LogP contribution in [0.5, 0.6) is 5.75 Å². The van der Waals surface area contributed by atoms with E-state index in [9.17, 15) is 4.79 Å². The maximum absolute atomic E-state index is 12.8. The van der Waals surface area contributed by atoms with Crippen LogP contribution in [0, 0.1) is 0 Å². The number of benzene rings is 2. The maximum atomic E-state index is 12.8. The van der Waals surface area contributed by atoms with Crippen LogP contribution in [0.1, 0.15) is 28.4 Å². The summed E-state index contributed by atoms with van der Waals surface area (Å²) in [7, 11) is 1.60. The van der Waals surface area contributed by atoms with E-state index in [-0.39, 0.29) is 11.8 Å². The number of aromatic nitrogens is 1. The number of carbonyl (C=O) groups is 1. The molecule has 1 aromatic heterocycles. The van der Waals surface area contributed by atoms with Crippen LogP contribution in [0.15, 0.2) is 72.9 Å². The Bertz CT molecular complexity index is 849. The molecule has 0 spiro atoms. The van der Waals surface area contributed by atoms with E-state index in [1.54, 1.807) is 37.6 Å². The average molecular weight is 367 g/mol. The quantitative estimate of drug-likeness (QED) is 0.586. The van der Waals surface area contributed by atoms with Gasteiger partial charge in [-0.15, -0.1) is 0 Å². The lowest BCUT2D eigenvalue weighted by Gasteiger charge is -2.19. The zero-order valence-electron chi connectivity index (χ0n) is 14.4. The molecule has 26 heavy (non-hydrogen) atoms. The second kappa shape index (κ2) is 8.50. The van der Waals surface area contributed by atoms with Crippen LogP contribution in [0.4, 0.5) is 5.82 Å². The Kier molecular flexibility index (Phi) is 5.87. The summed E-state index contributed by atoms with van der Waals surface area (Å²) in [6.07, 6.45) is 2.01. The number of hydrogen-bond donors (Lipinski definition) is 1. The Balaban J connectivity index is 1.82. The number of hydrogen-bond acceptors (Lipinski definition) is 4. The van der Waals surface area contributed by atoms with Gasteiger partial charge in [0, 0.05) is 23.2 Å². The molecule has 1 unspecified atom stereocenters. The fourth-order valence-electron chi connectivity index (χ4n) is 2.65. The summed E-state index contributed by atoms with van der Waals surface area (Å²) in [6.45, 7) is 0. The SMILES string of the molecule is COc1ccc(C(=O)CC(Nc2ccccn2)c2ccc(Cl)cc2)cc1. The molecule has 0 aliphatic carbocycles. The van der Waals surface area contributed by atoms with Crippen LogP contribution < -0.4 is 10.1 Å². The molecule has 1 N–H and O–H groups in total. The number of nitrogens with one attached hydrogen (secondary N) is 1. The van der Waals surface area contributed by atoms with Gasteiger partial charge in [0.2, 0.25) is 0 Å². The van der Waals surface area contributed by atoms with Crippen LogP contribution in [0.25, 0.3) is 0 Å². The number of rotatable bonds is 7. The first-order chi connectivity index (χ1) is 12.7. The Morgan fingerprint density at radius 2 is 1.81 bits per heavy atom. The van der Waals surface area contributed by atoms with Crippen LogP contribution in [-0.2, 0) is 0 Å². The highest BCUT2D eigenvalue weighted by Crippen LogP contribution is 2.25. The lowest BCUT2D eigenvalue weighted by Crippen LogP contribution is -2.16. The van der Waals surface area contributed by atoms with E-state index in [1.807, 2.05) is 42.5 Å². The van der Waals surface area contributed by atoms with Crippen molar-refractivity contribution in [2.75, 3.05) is 12.4 Å². The summed E-state index contributed by atoms with van der Waals surface area (Å²) in [5.41, 5.74) is 1.62. The molecule has 132 valence electrons. The minimum atomic E-state index is -0.211. The molecule has 0 amide bonds. The summed E-state index contributed by atoms with van der Waals surface area (Å²) in [4.78, 5) is 17.1. The summed E-state index contributed by atoms with van der Waals surface area (Å²) >= 11 is 6.00. The van der Waals surface area contributed by atoms with Crippen molar-refractivity contribution in [1.29, 1.82) is 0 Å². The Morgan fingerprint density at radius 3 is 2.42 bits per heavy atom. The predicted molar refractivity (Wildman–Crippen MR) is 104 cm³/mol. The van der Waals surface area contributed by atoms with E-state index in [1.165, 1.54) is 0 Å². The van der Waals surface area contributed by atoms with Crippen molar-refractivity contribution in [3.63, 3.8) is 0 Å². The van der Waals surface area contributed by atoms with Gasteiger partial charge in [-0.05, 0) is 54.1 Å². The maximum Gasteiger partial charge on any atom is 0.165 e. The van der Waals surface area contributed by atoms with Crippen LogP contribution >= 0.6 is 11.6 Å². The van der Waals surface area contributed by atoms with E-state index >= 15 is 0 Å². The molecule has 4 nitrogen and oxygen atoms in total. The van der Waals surface area contributed by atoms with E-state index in [0.717, 1.165) is 17.1 Å². The molecule has 3 rings (SSSR count). The van der Waals surface area contributed by atoms with Gasteiger partial charge in [-0.1, -0.05) is 29.8 Å². The lowest BCUT2D eigenvalue weighted by molar-refractivity contribution is 0.0976. The minimum Gasteiger partial charge on any atom is -0.497 e. The molecular formula is C21H19ClN2O2. The number of carbonyl (C=O) groups excluding carboxylic acids is 1. The van der Waals surface area contributed by atoms with Gasteiger partial charge in [-0.25, -0.2) is 4.98 Å². The lowest BCUT2D eigenvalue weighted by atomic mass is 9.97. The van der Waals surface area contributed by atoms with Crippen molar-refractivity contribution in [1.82, 2.24) is 4.98 Å². The minimum absolute atomic E-state index is 0.0380. The van der Waals surface area contributed by atoms with E-state index in [4.69, 9.17) is 16.3 Å². The topological polar surface area (TPSA) is 51.2 Å². The summed E-state index contributed by atoms with van der Waals surface area (Å²) in [5.74, 6) is 1.48. The molecule has 5 heteroatoms. The zero-order valence-corrected chi connectivity index (χ0v) is 15.1. The van der Waals surface area contributed by atoms with Crippen LogP contribution in [0.2, 0.25) is 5.02 Å². The third-order valence-electron chi connectivity index (χ3n) is 4.06. The van der Waals surface area contributed by atoms with Crippen molar-refractivity contribution in [2.45, 2.75) is 12.5 Å². The molecule has 2 aromatic carbocycles. The third-order valence-corrected chi connectivity index (χ3v) is 4.31. The highest BCUT2D eigenvalue weighted by atomic mass is 35.5. The molecule has 1 atom stereocenters. The Labute approximate surface area is 157 Å². The van der Waals surface area contributed by atoms with Gasteiger partial charge in [0.1, 0.15) is 11.6 Å². The number of ether oxygens (including phenoxy) is 1. The molecule has 3 aromatic rings. The van der Waals surface area contributed by atoms with Gasteiger partial charge in [0.25, 0.3) is 0 Å². The van der Waals surface area contributed by atoms with E-state index < -0.39 is 0 Å². The Hall–Kier alpha value is -2.85. The fourth-order valence-corrected chi connectivity index (χ4v) is 2.78. The summed E-state index contributed by atoms with van der Waals surface area (Å²) in [5, 5.41) is 4.00. The largest absolute Gasteiger partial charge is 0.497 e. The monoisotopic (exact) mass is 366 g/mol. The number of ketones is 1. The van der Waals surface area contributed by atoms with Crippen molar-refractivity contribution in [3.8, 4) is 5.75 Å². The van der Waals surface area contributed by atoms with Gasteiger partial charge in [-0.2, -0.15) is 0 Å². The van der Waals surface area contributed by atoms with E-state index in [0.29, 0.717) is 17.0 Å². The molecular weight excluding hydrogens is 348 g/mol. The number of nitrogens with zero attached hydrogens (tertiary/aromatic N) is 1. The molecule has 0 saturated heterocycles. The molecule has 0 aliphatic heterocycles. The first-order valence-corrected chi connectivity index (χ1v) is 8.64. The first-order valence-electron chi connectivity index (χ1n) is 8.26. The Morgan fingerprint density at radius 1 is 1.08 bits per heavy atom. The number of methoxy groups -OCH3 is 1. The molecule has 0 radical (unpaired) electrons. The highest BCUT2D eigenvalue weighted by Gasteiger charge is 2.18. The average Bonchev–Trinajstić information content (AvgIpc) is 2.69. The normalized spacial score (nSPS) is 11.6. The number of halogens is 1. The van der Waals surface area contributed by atoms with E-state index in [2.05, 4.69) is 10.3 Å². The van der Waals surface area contributed by atoms with Crippen molar-refractivity contribution in [3.05, 3.63) is 89.1 Å². The molecule has 1 heterocycles. The number of anilines is 1. The fraction of sp³-hybridized carbons (Fsp3) is 0.143. The van der Waals surface area contributed by atoms with Gasteiger partial charge >= 0.3 is 0 Å². The van der Waals surface area contributed by atoms with Gasteiger partial charge in [0.15, 0.2) is 5.78 Å². The predicted octanol–water partition coefficient (Wildman–Crippen LogP) is 5.17.